The number of aromatic amines is 1. The van der Waals surface area contributed by atoms with Crippen LogP contribution in [0.5, 0.6) is 0 Å². The van der Waals surface area contributed by atoms with Crippen molar-refractivity contribution < 1.29 is 5.11 Å². The Kier molecular flexibility index (Phi) is 1.89. The van der Waals surface area contributed by atoms with Crippen molar-refractivity contribution in [2.75, 3.05) is 6.61 Å². The Morgan fingerprint density at radius 2 is 2.67 bits per heavy atom. The second kappa shape index (κ2) is 2.90. The highest BCUT2D eigenvalue weighted by molar-refractivity contribution is 5.19. The zero-order chi connectivity index (χ0) is 6.53. The summed E-state index contributed by atoms with van der Waals surface area (Å²) in [5.74, 6) is 5.66. The van der Waals surface area contributed by atoms with Gasteiger partial charge in [-0.1, -0.05) is 5.92 Å². The fourth-order valence-electron chi connectivity index (χ4n) is 0.457. The molecule has 1 aromatic rings. The molecule has 0 saturated heterocycles. The van der Waals surface area contributed by atoms with Crippen LogP contribution >= 0.6 is 0 Å². The second-order valence-corrected chi connectivity index (χ2v) is 1.40. The van der Waals surface area contributed by atoms with Gasteiger partial charge < -0.3 is 10.1 Å². The molecule has 0 bridgehead atoms. The molecule has 46 valence electrons. The molecule has 0 radical (unpaired) electrons. The van der Waals surface area contributed by atoms with E-state index in [1.807, 2.05) is 0 Å². The van der Waals surface area contributed by atoms with E-state index in [4.69, 9.17) is 5.11 Å². The maximum atomic E-state index is 8.25. The molecule has 2 N–H and O–H groups in total. The average molecular weight is 122 g/mol. The summed E-state index contributed by atoms with van der Waals surface area (Å²) in [6.45, 7) is -0.124. The third-order valence-electron chi connectivity index (χ3n) is 0.784. The Bertz CT molecular complexity index is 217. The van der Waals surface area contributed by atoms with Crippen LogP contribution in [0.3, 0.4) is 0 Å². The minimum absolute atomic E-state index is 0.124. The molecule has 3 nitrogen and oxygen atoms in total. The molecule has 9 heavy (non-hydrogen) atoms. The monoisotopic (exact) mass is 122 g/mol. The van der Waals surface area contributed by atoms with Crippen LogP contribution < -0.4 is 0 Å². The Morgan fingerprint density at radius 1 is 1.78 bits per heavy atom. The maximum absolute atomic E-state index is 8.25. The van der Waals surface area contributed by atoms with Gasteiger partial charge in [0.05, 0.1) is 0 Å². The molecule has 0 unspecified atom stereocenters. The van der Waals surface area contributed by atoms with Crippen LogP contribution in [0.15, 0.2) is 12.4 Å². The van der Waals surface area contributed by atoms with Gasteiger partial charge in [0.2, 0.25) is 0 Å². The first-order valence-electron chi connectivity index (χ1n) is 2.52. The van der Waals surface area contributed by atoms with Gasteiger partial charge in [-0.25, -0.2) is 4.98 Å². The second-order valence-electron chi connectivity index (χ2n) is 1.40. The lowest BCUT2D eigenvalue weighted by Crippen LogP contribution is -1.77. The minimum Gasteiger partial charge on any atom is -0.384 e. The Labute approximate surface area is 52.7 Å². The predicted octanol–water partition coefficient (Wildman–Crippen LogP) is -0.247. The van der Waals surface area contributed by atoms with Crippen molar-refractivity contribution in [1.29, 1.82) is 0 Å². The molecule has 0 aliphatic rings. The number of aliphatic hydroxyl groups is 1. The molecular weight excluding hydrogens is 116 g/mol. The van der Waals surface area contributed by atoms with E-state index in [9.17, 15) is 0 Å². The van der Waals surface area contributed by atoms with Gasteiger partial charge in [-0.05, 0) is 5.92 Å². The number of nitrogens with one attached hydrogen (secondary N) is 1. The number of H-pyrrole nitrogens is 1. The van der Waals surface area contributed by atoms with Crippen LogP contribution in [0.25, 0.3) is 0 Å². The normalized spacial score (nSPS) is 8.11. The lowest BCUT2D eigenvalue weighted by molar-refractivity contribution is 0.350. The SMILES string of the molecule is OCC#Cc1ncc[nH]1. The van der Waals surface area contributed by atoms with Crippen molar-refractivity contribution in [2.24, 2.45) is 0 Å². The van der Waals surface area contributed by atoms with Crippen molar-refractivity contribution in [3.63, 3.8) is 0 Å². The van der Waals surface area contributed by atoms with Gasteiger partial charge in [0, 0.05) is 12.4 Å². The number of imidazole rings is 1. The minimum atomic E-state index is -0.124. The van der Waals surface area contributed by atoms with Crippen molar-refractivity contribution in [1.82, 2.24) is 9.97 Å². The number of rotatable bonds is 0. The van der Waals surface area contributed by atoms with Gasteiger partial charge in [0.25, 0.3) is 0 Å². The molecule has 3 heteroatoms. The van der Waals surface area contributed by atoms with Crippen molar-refractivity contribution in [2.45, 2.75) is 0 Å². The zero-order valence-corrected chi connectivity index (χ0v) is 4.76. The highest BCUT2D eigenvalue weighted by Crippen LogP contribution is 1.81. The Hall–Kier alpha value is -1.27. The Balaban J connectivity index is 2.67. The van der Waals surface area contributed by atoms with Gasteiger partial charge in [0.15, 0.2) is 5.82 Å². The molecule has 1 rings (SSSR count). The van der Waals surface area contributed by atoms with E-state index in [2.05, 4.69) is 21.8 Å². The molecular formula is C6H6N2O. The van der Waals surface area contributed by atoms with Gasteiger partial charge in [0.1, 0.15) is 6.61 Å². The number of hydrogen-bond acceptors (Lipinski definition) is 2. The number of nitrogens with zero attached hydrogens (tertiary/aromatic N) is 1. The highest BCUT2D eigenvalue weighted by atomic mass is 16.2. The fourth-order valence-corrected chi connectivity index (χ4v) is 0.457. The molecule has 0 spiro atoms. The van der Waals surface area contributed by atoms with Gasteiger partial charge in [-0.15, -0.1) is 0 Å². The molecule has 0 aliphatic carbocycles. The molecule has 0 atom stereocenters. The third kappa shape index (κ3) is 1.59. The molecule has 1 heterocycles. The molecule has 0 saturated carbocycles. The van der Waals surface area contributed by atoms with Crippen LogP contribution in [-0.4, -0.2) is 21.7 Å². The lowest BCUT2D eigenvalue weighted by atomic mass is 10.6. The highest BCUT2D eigenvalue weighted by Gasteiger charge is 1.81. The van der Waals surface area contributed by atoms with E-state index in [1.165, 1.54) is 0 Å². The first-order valence-corrected chi connectivity index (χ1v) is 2.52. The first-order chi connectivity index (χ1) is 4.43. The molecule has 0 aliphatic heterocycles. The number of aliphatic hydroxyl groups excluding tert-OH is 1. The quantitative estimate of drug-likeness (QED) is 0.466. The van der Waals surface area contributed by atoms with E-state index >= 15 is 0 Å². The molecule has 0 fully saturated rings. The van der Waals surface area contributed by atoms with Gasteiger partial charge in [-0.3, -0.25) is 0 Å². The van der Waals surface area contributed by atoms with Crippen LogP contribution in [0, 0.1) is 11.8 Å². The fraction of sp³-hybridized carbons (Fsp3) is 0.167. The summed E-state index contributed by atoms with van der Waals surface area (Å²) >= 11 is 0. The van der Waals surface area contributed by atoms with Crippen LogP contribution in [0.2, 0.25) is 0 Å². The number of aromatic nitrogens is 2. The molecule has 0 amide bonds. The van der Waals surface area contributed by atoms with Crippen molar-refractivity contribution >= 4 is 0 Å². The summed E-state index contributed by atoms with van der Waals surface area (Å²) in [5, 5.41) is 8.25. The maximum Gasteiger partial charge on any atom is 0.182 e. The van der Waals surface area contributed by atoms with E-state index in [-0.39, 0.29) is 6.61 Å². The molecule has 0 aromatic carbocycles. The van der Waals surface area contributed by atoms with Gasteiger partial charge >= 0.3 is 0 Å². The third-order valence-corrected chi connectivity index (χ3v) is 0.784. The lowest BCUT2D eigenvalue weighted by Gasteiger charge is -1.73. The summed E-state index contributed by atoms with van der Waals surface area (Å²) in [6.07, 6.45) is 3.29. The average Bonchev–Trinajstić information content (AvgIpc) is 2.34. The predicted molar refractivity (Wildman–Crippen MR) is 32.6 cm³/mol. The van der Waals surface area contributed by atoms with E-state index < -0.39 is 0 Å². The summed E-state index contributed by atoms with van der Waals surface area (Å²) in [5.41, 5.74) is 0. The summed E-state index contributed by atoms with van der Waals surface area (Å²) in [6, 6.07) is 0. The van der Waals surface area contributed by atoms with E-state index in [1.54, 1.807) is 12.4 Å². The van der Waals surface area contributed by atoms with Gasteiger partial charge in [-0.2, -0.15) is 0 Å². The van der Waals surface area contributed by atoms with Crippen LogP contribution in [0.1, 0.15) is 5.82 Å². The van der Waals surface area contributed by atoms with E-state index in [0.717, 1.165) is 0 Å². The summed E-state index contributed by atoms with van der Waals surface area (Å²) < 4.78 is 0. The zero-order valence-electron chi connectivity index (χ0n) is 4.76. The standard InChI is InChI=1S/C6H6N2O/c9-5-1-2-6-7-3-4-8-6/h3-4,9H,5H2,(H,7,8). The summed E-state index contributed by atoms with van der Waals surface area (Å²) in [4.78, 5) is 6.59. The van der Waals surface area contributed by atoms with Crippen molar-refractivity contribution in [3.05, 3.63) is 18.2 Å². The largest absolute Gasteiger partial charge is 0.384 e. The topological polar surface area (TPSA) is 48.9 Å². The number of hydrogen-bond donors (Lipinski definition) is 2. The Morgan fingerprint density at radius 3 is 3.22 bits per heavy atom. The molecule has 1 aromatic heterocycles. The smallest absolute Gasteiger partial charge is 0.182 e. The summed E-state index contributed by atoms with van der Waals surface area (Å²) in [7, 11) is 0. The van der Waals surface area contributed by atoms with E-state index in [0.29, 0.717) is 5.82 Å². The van der Waals surface area contributed by atoms with Crippen molar-refractivity contribution in [3.8, 4) is 11.8 Å². The van der Waals surface area contributed by atoms with Crippen LogP contribution in [0.4, 0.5) is 0 Å². The first kappa shape index (κ1) is 5.86. The van der Waals surface area contributed by atoms with Crippen LogP contribution in [-0.2, 0) is 0 Å².